The van der Waals surface area contributed by atoms with Gasteiger partial charge in [-0.15, -0.1) is 0 Å². The van der Waals surface area contributed by atoms with Crippen LogP contribution in [0.3, 0.4) is 0 Å². The van der Waals surface area contributed by atoms with Crippen molar-refractivity contribution in [3.05, 3.63) is 41.3 Å². The summed E-state index contributed by atoms with van der Waals surface area (Å²) < 4.78 is 0. The predicted molar refractivity (Wildman–Crippen MR) is 144 cm³/mol. The number of rotatable bonds is 6. The van der Waals surface area contributed by atoms with Crippen molar-refractivity contribution < 1.29 is 9.90 Å². The van der Waals surface area contributed by atoms with Gasteiger partial charge in [-0.05, 0) is 69.8 Å². The fourth-order valence-electron chi connectivity index (χ4n) is 6.40. The topological polar surface area (TPSA) is 111 Å². The van der Waals surface area contributed by atoms with E-state index in [0.29, 0.717) is 49.2 Å². The summed E-state index contributed by atoms with van der Waals surface area (Å²) in [7, 11) is 0. The number of fused-ring (bicyclic) bond motifs is 4. The fourth-order valence-corrected chi connectivity index (χ4v) is 6.40. The average molecular weight is 515 g/mol. The number of aliphatic hydroxyl groups excluding tert-OH is 1. The second-order valence-corrected chi connectivity index (χ2v) is 11.2. The summed E-state index contributed by atoms with van der Waals surface area (Å²) in [4.78, 5) is 38.4. The zero-order valence-electron chi connectivity index (χ0n) is 21.8. The van der Waals surface area contributed by atoms with Crippen LogP contribution in [0.1, 0.15) is 62.1 Å². The Morgan fingerprint density at radius 1 is 1.11 bits per heavy atom. The Balaban J connectivity index is 1.13. The SMILES string of the molecule is CC(O)c1cc2cnc(Nc3ccc4c(n3)CCN(C(=O)CN3CCC3)C4)nc2c(N2C3CCC2CC3)n1. The van der Waals surface area contributed by atoms with Crippen LogP contribution in [-0.2, 0) is 17.8 Å². The molecule has 3 fully saturated rings. The van der Waals surface area contributed by atoms with Crippen molar-refractivity contribution in [2.45, 2.75) is 70.2 Å². The second-order valence-electron chi connectivity index (χ2n) is 11.2. The lowest BCUT2D eigenvalue weighted by atomic mass is 10.0. The molecule has 4 aliphatic rings. The molecule has 4 aliphatic heterocycles. The van der Waals surface area contributed by atoms with Crippen LogP contribution in [0.2, 0.25) is 0 Å². The normalized spacial score (nSPS) is 23.4. The Morgan fingerprint density at radius 3 is 2.61 bits per heavy atom. The quantitative estimate of drug-likeness (QED) is 0.513. The number of hydrogen-bond acceptors (Lipinski definition) is 9. The van der Waals surface area contributed by atoms with Gasteiger partial charge in [0.1, 0.15) is 11.3 Å². The molecule has 0 saturated carbocycles. The van der Waals surface area contributed by atoms with Crippen molar-refractivity contribution in [3.8, 4) is 0 Å². The van der Waals surface area contributed by atoms with Gasteiger partial charge in [-0.1, -0.05) is 6.07 Å². The minimum Gasteiger partial charge on any atom is -0.387 e. The standard InChI is InChI=1S/C28H34N8O2/c1-17(37)23-13-19-14-29-28(33-26(19)27(31-23)36-20-4-5-21(36)7-6-20)32-24-8-3-18-15-35(12-9-22(18)30-24)25(38)16-34-10-2-11-34/h3,8,13-14,17,20-21,37H,2,4-7,9-12,15-16H2,1H3,(H,29,30,32,33). The molecule has 7 heterocycles. The third-order valence-corrected chi connectivity index (χ3v) is 8.64. The van der Waals surface area contributed by atoms with Gasteiger partial charge in [0.15, 0.2) is 5.82 Å². The monoisotopic (exact) mass is 514 g/mol. The summed E-state index contributed by atoms with van der Waals surface area (Å²) in [5.74, 6) is 2.23. The third-order valence-electron chi connectivity index (χ3n) is 8.64. The fraction of sp³-hybridized carbons (Fsp3) is 0.536. The molecule has 0 aliphatic carbocycles. The highest BCUT2D eigenvalue weighted by atomic mass is 16.3. The highest BCUT2D eigenvalue weighted by Gasteiger charge is 2.41. The van der Waals surface area contributed by atoms with Gasteiger partial charge < -0.3 is 20.2 Å². The molecule has 0 aromatic carbocycles. The number of hydrogen-bond donors (Lipinski definition) is 2. The molecule has 10 heteroatoms. The highest BCUT2D eigenvalue weighted by Crippen LogP contribution is 2.42. The van der Waals surface area contributed by atoms with Crippen molar-refractivity contribution in [2.24, 2.45) is 0 Å². The zero-order valence-corrected chi connectivity index (χ0v) is 21.8. The minimum atomic E-state index is -0.655. The maximum atomic E-state index is 12.7. The number of carbonyl (C=O) groups is 1. The van der Waals surface area contributed by atoms with E-state index < -0.39 is 6.10 Å². The van der Waals surface area contributed by atoms with Crippen LogP contribution in [0.5, 0.6) is 0 Å². The third kappa shape index (κ3) is 4.25. The Kier molecular flexibility index (Phi) is 5.89. The van der Waals surface area contributed by atoms with E-state index in [-0.39, 0.29) is 5.91 Å². The second kappa shape index (κ2) is 9.43. The van der Waals surface area contributed by atoms with Crippen LogP contribution < -0.4 is 10.2 Å². The Labute approximate surface area is 222 Å². The number of aliphatic hydroxyl groups is 1. The van der Waals surface area contributed by atoms with Gasteiger partial charge in [-0.2, -0.15) is 0 Å². The Hall–Kier alpha value is -3.37. The van der Waals surface area contributed by atoms with Crippen molar-refractivity contribution in [1.29, 1.82) is 0 Å². The first kappa shape index (κ1) is 23.7. The number of aromatic nitrogens is 4. The molecule has 38 heavy (non-hydrogen) atoms. The van der Waals surface area contributed by atoms with Crippen LogP contribution in [0.4, 0.5) is 17.6 Å². The maximum absolute atomic E-state index is 12.7. The number of anilines is 3. The largest absolute Gasteiger partial charge is 0.387 e. The van der Waals surface area contributed by atoms with Gasteiger partial charge >= 0.3 is 0 Å². The van der Waals surface area contributed by atoms with Crippen LogP contribution in [0.25, 0.3) is 10.9 Å². The molecule has 1 unspecified atom stereocenters. The van der Waals surface area contributed by atoms with Gasteiger partial charge in [0.25, 0.3) is 0 Å². The van der Waals surface area contributed by atoms with Gasteiger partial charge in [-0.3, -0.25) is 9.69 Å². The average Bonchev–Trinajstić information content (AvgIpc) is 3.50. The van der Waals surface area contributed by atoms with Crippen LogP contribution in [-0.4, -0.2) is 79.0 Å². The molecule has 198 valence electrons. The molecular formula is C28H34N8O2. The molecular weight excluding hydrogens is 480 g/mol. The van der Waals surface area contributed by atoms with Crippen molar-refractivity contribution in [1.82, 2.24) is 29.7 Å². The van der Waals surface area contributed by atoms with E-state index in [0.717, 1.165) is 47.5 Å². The summed E-state index contributed by atoms with van der Waals surface area (Å²) in [5, 5.41) is 14.5. The minimum absolute atomic E-state index is 0.205. The lowest BCUT2D eigenvalue weighted by Gasteiger charge is -2.34. The first-order valence-corrected chi connectivity index (χ1v) is 13.9. The van der Waals surface area contributed by atoms with Gasteiger partial charge in [-0.25, -0.2) is 19.9 Å². The van der Waals surface area contributed by atoms with E-state index in [9.17, 15) is 9.90 Å². The molecule has 0 spiro atoms. The van der Waals surface area contributed by atoms with E-state index in [1.165, 1.54) is 32.1 Å². The first-order valence-electron chi connectivity index (χ1n) is 13.9. The van der Waals surface area contributed by atoms with Crippen molar-refractivity contribution in [3.63, 3.8) is 0 Å². The summed E-state index contributed by atoms with van der Waals surface area (Å²) in [5.41, 5.74) is 3.57. The molecule has 1 amide bonds. The predicted octanol–water partition coefficient (Wildman–Crippen LogP) is 2.94. The van der Waals surface area contributed by atoms with E-state index in [1.807, 2.05) is 17.0 Å². The molecule has 2 N–H and O–H groups in total. The summed E-state index contributed by atoms with van der Waals surface area (Å²) in [6.07, 6.45) is 7.82. The highest BCUT2D eigenvalue weighted by molar-refractivity contribution is 5.90. The molecule has 2 bridgehead atoms. The van der Waals surface area contributed by atoms with E-state index in [1.54, 1.807) is 13.1 Å². The molecule has 3 aromatic rings. The Morgan fingerprint density at radius 2 is 1.89 bits per heavy atom. The molecule has 1 atom stereocenters. The van der Waals surface area contributed by atoms with Crippen LogP contribution in [0.15, 0.2) is 24.4 Å². The number of amides is 1. The number of carbonyl (C=O) groups excluding carboxylic acids is 1. The molecule has 7 rings (SSSR count). The van der Waals surface area contributed by atoms with Gasteiger partial charge in [0.2, 0.25) is 11.9 Å². The molecule has 10 nitrogen and oxygen atoms in total. The number of pyridine rings is 2. The number of nitrogens with one attached hydrogen (secondary N) is 1. The van der Waals surface area contributed by atoms with Crippen LogP contribution >= 0.6 is 0 Å². The van der Waals surface area contributed by atoms with E-state index in [2.05, 4.69) is 26.2 Å². The van der Waals surface area contributed by atoms with E-state index in [4.69, 9.17) is 15.0 Å². The van der Waals surface area contributed by atoms with Crippen LogP contribution in [0, 0.1) is 0 Å². The lowest BCUT2D eigenvalue weighted by Crippen LogP contribution is -2.47. The van der Waals surface area contributed by atoms with Gasteiger partial charge in [0.05, 0.1) is 18.3 Å². The maximum Gasteiger partial charge on any atom is 0.237 e. The first-order chi connectivity index (χ1) is 18.5. The van der Waals surface area contributed by atoms with Gasteiger partial charge in [0, 0.05) is 48.9 Å². The lowest BCUT2D eigenvalue weighted by molar-refractivity contribution is -0.134. The molecule has 3 aromatic heterocycles. The van der Waals surface area contributed by atoms with Crippen molar-refractivity contribution >= 4 is 34.4 Å². The summed E-state index contributed by atoms with van der Waals surface area (Å²) in [6.45, 7) is 5.64. The van der Waals surface area contributed by atoms with Crippen molar-refractivity contribution in [2.75, 3.05) is 36.4 Å². The Bertz CT molecular complexity index is 1370. The summed E-state index contributed by atoms with van der Waals surface area (Å²) >= 11 is 0. The van der Waals surface area contributed by atoms with E-state index >= 15 is 0 Å². The molecule has 0 radical (unpaired) electrons. The smallest absolute Gasteiger partial charge is 0.237 e. The summed E-state index contributed by atoms with van der Waals surface area (Å²) in [6, 6.07) is 6.86. The number of nitrogens with zero attached hydrogens (tertiary/aromatic N) is 7. The molecule has 3 saturated heterocycles. The zero-order chi connectivity index (χ0) is 25.8. The number of likely N-dealkylation sites (tertiary alicyclic amines) is 1.